The number of phenolic OH excluding ortho intramolecular Hbond substituents is 1. The van der Waals surface area contributed by atoms with Crippen LogP contribution in [0.5, 0.6) is 11.5 Å². The summed E-state index contributed by atoms with van der Waals surface area (Å²) in [6, 6.07) is 11.0. The zero-order chi connectivity index (χ0) is 21.2. The van der Waals surface area contributed by atoms with Crippen LogP contribution >= 0.6 is 0 Å². The van der Waals surface area contributed by atoms with Crippen molar-refractivity contribution in [3.8, 4) is 11.5 Å². The first kappa shape index (κ1) is 22.1. The van der Waals surface area contributed by atoms with Gasteiger partial charge in [-0.25, -0.2) is 0 Å². The van der Waals surface area contributed by atoms with Crippen LogP contribution in [-0.4, -0.2) is 29.9 Å². The Morgan fingerprint density at radius 1 is 1.17 bits per heavy atom. The van der Waals surface area contributed by atoms with Crippen LogP contribution < -0.4 is 21.6 Å². The van der Waals surface area contributed by atoms with E-state index in [0.717, 1.165) is 37.1 Å². The number of unbranched alkanes of at least 4 members (excludes halogenated alkanes) is 1. The maximum absolute atomic E-state index is 11.6. The summed E-state index contributed by atoms with van der Waals surface area (Å²) < 4.78 is 5.87. The van der Waals surface area contributed by atoms with Gasteiger partial charge in [0, 0.05) is 23.4 Å². The van der Waals surface area contributed by atoms with E-state index in [1.165, 1.54) is 6.92 Å². The van der Waals surface area contributed by atoms with E-state index in [1.807, 2.05) is 31.2 Å². The summed E-state index contributed by atoms with van der Waals surface area (Å²) in [6.07, 6.45) is 3.31. The molecule has 0 aromatic heterocycles. The van der Waals surface area contributed by atoms with Crippen LogP contribution in [0.3, 0.4) is 0 Å². The second-order valence-corrected chi connectivity index (χ2v) is 6.82. The van der Waals surface area contributed by atoms with Crippen LogP contribution in [0.25, 0.3) is 0 Å². The van der Waals surface area contributed by atoms with E-state index in [1.54, 1.807) is 12.1 Å². The molecule has 0 spiro atoms. The van der Waals surface area contributed by atoms with Crippen molar-refractivity contribution in [3.05, 3.63) is 53.1 Å². The Morgan fingerprint density at radius 3 is 2.52 bits per heavy atom. The van der Waals surface area contributed by atoms with Crippen LogP contribution in [0.4, 0.5) is 5.69 Å². The number of nitrogens with two attached hydrogens (primary N) is 2. The largest absolute Gasteiger partial charge is 0.507 e. The summed E-state index contributed by atoms with van der Waals surface area (Å²) in [7, 11) is 0. The number of rotatable bonds is 11. The van der Waals surface area contributed by atoms with Crippen molar-refractivity contribution >= 4 is 17.3 Å². The monoisotopic (exact) mass is 398 g/mol. The molecule has 0 aliphatic carbocycles. The van der Waals surface area contributed by atoms with Crippen LogP contribution in [-0.2, 0) is 6.42 Å². The normalized spacial score (nSPS) is 11.3. The van der Waals surface area contributed by atoms with E-state index in [-0.39, 0.29) is 11.5 Å². The van der Waals surface area contributed by atoms with E-state index >= 15 is 0 Å². The number of benzene rings is 2. The van der Waals surface area contributed by atoms with Gasteiger partial charge < -0.3 is 26.7 Å². The van der Waals surface area contributed by atoms with Crippen LogP contribution in [0.15, 0.2) is 41.5 Å². The van der Waals surface area contributed by atoms with Crippen molar-refractivity contribution in [1.29, 1.82) is 0 Å². The number of ketones is 1. The fourth-order valence-corrected chi connectivity index (χ4v) is 3.00. The summed E-state index contributed by atoms with van der Waals surface area (Å²) in [6.45, 7) is 4.82. The second-order valence-electron chi connectivity index (χ2n) is 6.82. The lowest BCUT2D eigenvalue weighted by Gasteiger charge is -2.15. The molecule has 0 amide bonds. The first-order chi connectivity index (χ1) is 14.0. The van der Waals surface area contributed by atoms with Gasteiger partial charge in [0.05, 0.1) is 12.2 Å². The van der Waals surface area contributed by atoms with E-state index in [4.69, 9.17) is 16.3 Å². The molecule has 0 unspecified atom stereocenters. The highest BCUT2D eigenvalue weighted by molar-refractivity contribution is 5.98. The molecule has 0 radical (unpaired) electrons. The number of aromatic hydroxyl groups is 1. The minimum atomic E-state index is -0.150. The molecule has 0 heterocycles. The molecule has 2 aromatic carbocycles. The highest BCUT2D eigenvalue weighted by atomic mass is 16.5. The van der Waals surface area contributed by atoms with E-state index in [0.29, 0.717) is 35.7 Å². The second kappa shape index (κ2) is 10.9. The minimum absolute atomic E-state index is 0.0438. The molecule has 0 bridgehead atoms. The average molecular weight is 399 g/mol. The molecule has 7 heteroatoms. The van der Waals surface area contributed by atoms with Crippen LogP contribution in [0.2, 0.25) is 0 Å². The summed E-state index contributed by atoms with van der Waals surface area (Å²) >= 11 is 0. The molecule has 0 atom stereocenters. The minimum Gasteiger partial charge on any atom is -0.507 e. The first-order valence-corrected chi connectivity index (χ1v) is 9.84. The van der Waals surface area contributed by atoms with Gasteiger partial charge in [0.2, 0.25) is 0 Å². The van der Waals surface area contributed by atoms with Crippen molar-refractivity contribution in [2.24, 2.45) is 16.7 Å². The van der Waals surface area contributed by atoms with Crippen molar-refractivity contribution < 1.29 is 14.6 Å². The fourth-order valence-electron chi connectivity index (χ4n) is 3.00. The first-order valence-electron chi connectivity index (χ1n) is 9.84. The van der Waals surface area contributed by atoms with Crippen LogP contribution in [0.1, 0.15) is 54.6 Å². The standard InChI is InChI=1S/C22H30N4O3/c1-3-6-19-20(12-11-18(15(2)27)21(19)28)29-14-5-4-13-25-17-9-7-16(8-10-17)22(23)26-24/h7-12,25,28H,3-6,13-14,24H2,1-2H3,(H2,23,26). The number of amidine groups is 1. The lowest BCUT2D eigenvalue weighted by Crippen LogP contribution is -2.15. The molecule has 0 saturated carbocycles. The maximum Gasteiger partial charge on any atom is 0.163 e. The highest BCUT2D eigenvalue weighted by Gasteiger charge is 2.15. The molecule has 2 aromatic rings. The topological polar surface area (TPSA) is 123 Å². The van der Waals surface area contributed by atoms with Crippen LogP contribution in [0, 0.1) is 0 Å². The lowest BCUT2D eigenvalue weighted by molar-refractivity contribution is 0.101. The predicted molar refractivity (Wildman–Crippen MR) is 117 cm³/mol. The number of hydrazone groups is 1. The Bertz CT molecular complexity index is 848. The Hall–Kier alpha value is -3.22. The summed E-state index contributed by atoms with van der Waals surface area (Å²) in [4.78, 5) is 11.6. The molecule has 0 saturated heterocycles. The number of nitrogens with zero attached hydrogens (tertiary/aromatic N) is 1. The third-order valence-corrected chi connectivity index (χ3v) is 4.60. The molecular weight excluding hydrogens is 368 g/mol. The number of carbonyl (C=O) groups is 1. The number of carbonyl (C=O) groups excluding carboxylic acids is 1. The Morgan fingerprint density at radius 2 is 1.90 bits per heavy atom. The number of ether oxygens (including phenoxy) is 1. The molecule has 0 aliphatic rings. The molecule has 156 valence electrons. The third kappa shape index (κ3) is 6.14. The van der Waals surface area contributed by atoms with Gasteiger partial charge in [0.1, 0.15) is 17.3 Å². The number of nitrogens with one attached hydrogen (secondary N) is 1. The van der Waals surface area contributed by atoms with Gasteiger partial charge in [-0.1, -0.05) is 13.3 Å². The van der Waals surface area contributed by atoms with E-state index in [2.05, 4.69) is 10.4 Å². The van der Waals surface area contributed by atoms with Gasteiger partial charge >= 0.3 is 0 Å². The maximum atomic E-state index is 11.6. The molecule has 0 fully saturated rings. The number of phenols is 1. The number of hydrogen-bond acceptors (Lipinski definition) is 6. The van der Waals surface area contributed by atoms with E-state index in [9.17, 15) is 9.90 Å². The zero-order valence-electron chi connectivity index (χ0n) is 17.1. The number of Topliss-reactive ketones (excluding diaryl/α,β-unsaturated/α-hetero) is 1. The number of anilines is 1. The lowest BCUT2D eigenvalue weighted by atomic mass is 10.0. The van der Waals surface area contributed by atoms with Crippen molar-refractivity contribution in [1.82, 2.24) is 0 Å². The molecule has 2 rings (SSSR count). The van der Waals surface area contributed by atoms with Crippen molar-refractivity contribution in [2.75, 3.05) is 18.5 Å². The van der Waals surface area contributed by atoms with Gasteiger partial charge in [-0.05, 0) is 62.6 Å². The molecule has 7 nitrogen and oxygen atoms in total. The summed E-state index contributed by atoms with van der Waals surface area (Å²) in [5, 5.41) is 17.2. The number of hydrogen-bond donors (Lipinski definition) is 4. The Labute approximate surface area is 171 Å². The fraction of sp³-hybridized carbons (Fsp3) is 0.364. The van der Waals surface area contributed by atoms with Gasteiger partial charge in [0.15, 0.2) is 5.78 Å². The van der Waals surface area contributed by atoms with E-state index < -0.39 is 0 Å². The van der Waals surface area contributed by atoms with Gasteiger partial charge in [-0.15, -0.1) is 0 Å². The van der Waals surface area contributed by atoms with Crippen molar-refractivity contribution in [2.45, 2.75) is 39.5 Å². The average Bonchev–Trinajstić information content (AvgIpc) is 2.72. The highest BCUT2D eigenvalue weighted by Crippen LogP contribution is 2.33. The molecule has 29 heavy (non-hydrogen) atoms. The van der Waals surface area contributed by atoms with Gasteiger partial charge in [-0.2, -0.15) is 5.10 Å². The third-order valence-electron chi connectivity index (χ3n) is 4.60. The van der Waals surface area contributed by atoms with Gasteiger partial charge in [-0.3, -0.25) is 4.79 Å². The zero-order valence-corrected chi connectivity index (χ0v) is 17.1. The Balaban J connectivity index is 1.80. The smallest absolute Gasteiger partial charge is 0.163 e. The quantitative estimate of drug-likeness (QED) is 0.115. The van der Waals surface area contributed by atoms with Gasteiger partial charge in [0.25, 0.3) is 0 Å². The molecule has 6 N–H and O–H groups in total. The molecular formula is C22H30N4O3. The summed E-state index contributed by atoms with van der Waals surface area (Å²) in [5.74, 6) is 6.02. The molecule has 0 aliphatic heterocycles. The SMILES string of the molecule is CCCc1c(OCCCCNc2ccc(/C(N)=N/N)cc2)ccc(C(C)=O)c1O. The Kier molecular flexibility index (Phi) is 8.33. The summed E-state index contributed by atoms with van der Waals surface area (Å²) in [5.41, 5.74) is 8.50. The van der Waals surface area contributed by atoms with Crippen molar-refractivity contribution in [3.63, 3.8) is 0 Å². The predicted octanol–water partition coefficient (Wildman–Crippen LogP) is 3.40.